The van der Waals surface area contributed by atoms with Crippen molar-refractivity contribution in [1.29, 1.82) is 0 Å². The zero-order chi connectivity index (χ0) is 14.7. The van der Waals surface area contributed by atoms with Gasteiger partial charge in [0.05, 0.1) is 12.0 Å². The Morgan fingerprint density at radius 1 is 1.14 bits per heavy atom. The summed E-state index contributed by atoms with van der Waals surface area (Å²) >= 11 is 0. The monoisotopic (exact) mass is 287 g/mol. The number of fused-ring (bicyclic) bond motifs is 1. The predicted molar refractivity (Wildman–Crippen MR) is 78.6 cm³/mol. The van der Waals surface area contributed by atoms with E-state index in [1.165, 1.54) is 11.1 Å². The molecule has 1 fully saturated rings. The summed E-state index contributed by atoms with van der Waals surface area (Å²) in [7, 11) is 0. The smallest absolute Gasteiger partial charge is 0.309 e. The number of carbonyl (C=O) groups excluding carboxylic acids is 2. The molecule has 1 amide bonds. The number of hydrogen-bond acceptors (Lipinski definition) is 3. The summed E-state index contributed by atoms with van der Waals surface area (Å²) < 4.78 is 5.09. The van der Waals surface area contributed by atoms with E-state index in [1.807, 2.05) is 12.1 Å². The van der Waals surface area contributed by atoms with Crippen LogP contribution in [-0.4, -0.2) is 18.5 Å². The first-order valence-corrected chi connectivity index (χ1v) is 7.78. The third-order valence-corrected chi connectivity index (χ3v) is 4.49. The number of esters is 1. The molecule has 1 aromatic carbocycles. The van der Waals surface area contributed by atoms with E-state index in [4.69, 9.17) is 4.74 Å². The van der Waals surface area contributed by atoms with Gasteiger partial charge in [-0.1, -0.05) is 30.7 Å². The van der Waals surface area contributed by atoms with E-state index in [0.29, 0.717) is 0 Å². The van der Waals surface area contributed by atoms with Gasteiger partial charge < -0.3 is 10.1 Å². The average Bonchev–Trinajstić information content (AvgIpc) is 2.44. The van der Waals surface area contributed by atoms with Crippen LogP contribution in [0.15, 0.2) is 24.3 Å². The van der Waals surface area contributed by atoms with Gasteiger partial charge in [-0.05, 0) is 43.2 Å². The number of amides is 1. The highest BCUT2D eigenvalue weighted by atomic mass is 16.5. The molecule has 0 aliphatic heterocycles. The SMILES string of the molecule is O=C(COC(=O)C1CCC1)NC1CCCc2ccccc21. The fourth-order valence-electron chi connectivity index (χ4n) is 3.04. The minimum Gasteiger partial charge on any atom is -0.455 e. The van der Waals surface area contributed by atoms with Crippen LogP contribution in [0.3, 0.4) is 0 Å². The second kappa shape index (κ2) is 6.29. The molecule has 1 saturated carbocycles. The molecule has 112 valence electrons. The highest BCUT2D eigenvalue weighted by Crippen LogP contribution is 2.29. The third-order valence-electron chi connectivity index (χ3n) is 4.49. The van der Waals surface area contributed by atoms with Crippen LogP contribution in [0.5, 0.6) is 0 Å². The largest absolute Gasteiger partial charge is 0.455 e. The Morgan fingerprint density at radius 3 is 2.71 bits per heavy atom. The van der Waals surface area contributed by atoms with Crippen LogP contribution in [0.4, 0.5) is 0 Å². The van der Waals surface area contributed by atoms with E-state index in [2.05, 4.69) is 17.4 Å². The maximum atomic E-state index is 12.0. The van der Waals surface area contributed by atoms with Gasteiger partial charge in [0.2, 0.25) is 0 Å². The summed E-state index contributed by atoms with van der Waals surface area (Å²) in [6, 6.07) is 8.26. The van der Waals surface area contributed by atoms with Crippen molar-refractivity contribution >= 4 is 11.9 Å². The summed E-state index contributed by atoms with van der Waals surface area (Å²) in [5.74, 6) is -0.405. The van der Waals surface area contributed by atoms with Crippen molar-refractivity contribution in [3.05, 3.63) is 35.4 Å². The maximum Gasteiger partial charge on any atom is 0.309 e. The van der Waals surface area contributed by atoms with Gasteiger partial charge in [0, 0.05) is 0 Å². The fraction of sp³-hybridized carbons (Fsp3) is 0.529. The van der Waals surface area contributed by atoms with Gasteiger partial charge in [0.15, 0.2) is 6.61 Å². The maximum absolute atomic E-state index is 12.0. The molecule has 4 heteroatoms. The third kappa shape index (κ3) is 3.26. The van der Waals surface area contributed by atoms with E-state index in [9.17, 15) is 9.59 Å². The lowest BCUT2D eigenvalue weighted by Gasteiger charge is -2.27. The lowest BCUT2D eigenvalue weighted by atomic mass is 9.86. The van der Waals surface area contributed by atoms with Gasteiger partial charge in [0.25, 0.3) is 5.91 Å². The van der Waals surface area contributed by atoms with Crippen molar-refractivity contribution in [2.45, 2.75) is 44.6 Å². The van der Waals surface area contributed by atoms with Gasteiger partial charge in [0.1, 0.15) is 0 Å². The first kappa shape index (κ1) is 14.1. The molecule has 2 aliphatic carbocycles. The molecule has 0 heterocycles. The second-order valence-electron chi connectivity index (χ2n) is 5.95. The zero-order valence-electron chi connectivity index (χ0n) is 12.1. The lowest BCUT2D eigenvalue weighted by Crippen LogP contribution is -2.35. The Morgan fingerprint density at radius 2 is 1.95 bits per heavy atom. The lowest BCUT2D eigenvalue weighted by molar-refractivity contribution is -0.155. The van der Waals surface area contributed by atoms with E-state index in [1.54, 1.807) is 0 Å². The molecule has 0 spiro atoms. The quantitative estimate of drug-likeness (QED) is 0.866. The molecule has 0 radical (unpaired) electrons. The molecule has 0 saturated heterocycles. The molecular weight excluding hydrogens is 266 g/mol. The number of hydrogen-bond donors (Lipinski definition) is 1. The standard InChI is InChI=1S/C17H21NO3/c19-16(11-21-17(20)13-7-3-8-13)18-15-10-4-6-12-5-1-2-9-14(12)15/h1-2,5,9,13,15H,3-4,6-8,10-11H2,(H,18,19). The molecule has 0 bridgehead atoms. The molecule has 4 nitrogen and oxygen atoms in total. The van der Waals surface area contributed by atoms with Gasteiger partial charge in [-0.25, -0.2) is 0 Å². The van der Waals surface area contributed by atoms with Crippen LogP contribution in [0.2, 0.25) is 0 Å². The normalized spacial score (nSPS) is 21.0. The van der Waals surface area contributed by atoms with Crippen LogP contribution in [0, 0.1) is 5.92 Å². The van der Waals surface area contributed by atoms with E-state index >= 15 is 0 Å². The summed E-state index contributed by atoms with van der Waals surface area (Å²) in [5, 5.41) is 2.99. The molecular formula is C17H21NO3. The van der Waals surface area contributed by atoms with Crippen molar-refractivity contribution in [2.24, 2.45) is 5.92 Å². The van der Waals surface area contributed by atoms with Crippen molar-refractivity contribution < 1.29 is 14.3 Å². The van der Waals surface area contributed by atoms with Crippen molar-refractivity contribution in [3.63, 3.8) is 0 Å². The van der Waals surface area contributed by atoms with Crippen LogP contribution in [0.25, 0.3) is 0 Å². The number of ether oxygens (including phenoxy) is 1. The second-order valence-corrected chi connectivity index (χ2v) is 5.95. The first-order valence-electron chi connectivity index (χ1n) is 7.78. The number of rotatable bonds is 4. The minimum atomic E-state index is -0.222. The Labute approximate surface area is 124 Å². The Kier molecular flexibility index (Phi) is 4.23. The Hall–Kier alpha value is -1.84. The first-order chi connectivity index (χ1) is 10.2. The number of benzene rings is 1. The van der Waals surface area contributed by atoms with Crippen molar-refractivity contribution in [2.75, 3.05) is 6.61 Å². The molecule has 2 aliphatic rings. The fourth-order valence-corrected chi connectivity index (χ4v) is 3.04. The zero-order valence-corrected chi connectivity index (χ0v) is 12.1. The van der Waals surface area contributed by atoms with Gasteiger partial charge in [-0.3, -0.25) is 9.59 Å². The number of aryl methyl sites for hydroxylation is 1. The molecule has 1 unspecified atom stereocenters. The minimum absolute atomic E-state index is 0.0215. The summed E-state index contributed by atoms with van der Waals surface area (Å²) in [6.45, 7) is -0.159. The summed E-state index contributed by atoms with van der Waals surface area (Å²) in [5.41, 5.74) is 2.50. The van der Waals surface area contributed by atoms with E-state index in [-0.39, 0.29) is 30.4 Å². The molecule has 21 heavy (non-hydrogen) atoms. The summed E-state index contributed by atoms with van der Waals surface area (Å²) in [6.07, 6.45) is 5.97. The molecule has 1 aromatic rings. The van der Waals surface area contributed by atoms with Crippen LogP contribution in [0.1, 0.15) is 49.3 Å². The number of carbonyl (C=O) groups is 2. The van der Waals surface area contributed by atoms with E-state index < -0.39 is 0 Å². The van der Waals surface area contributed by atoms with Crippen LogP contribution in [-0.2, 0) is 20.7 Å². The van der Waals surface area contributed by atoms with Gasteiger partial charge >= 0.3 is 5.97 Å². The number of nitrogens with one attached hydrogen (secondary N) is 1. The topological polar surface area (TPSA) is 55.4 Å². The highest BCUT2D eigenvalue weighted by Gasteiger charge is 2.27. The molecule has 3 rings (SSSR count). The van der Waals surface area contributed by atoms with Crippen molar-refractivity contribution in [1.82, 2.24) is 5.32 Å². The van der Waals surface area contributed by atoms with E-state index in [0.717, 1.165) is 38.5 Å². The predicted octanol–water partition coefficient (Wildman–Crippen LogP) is 2.52. The van der Waals surface area contributed by atoms with Gasteiger partial charge in [-0.15, -0.1) is 0 Å². The summed E-state index contributed by atoms with van der Waals surface area (Å²) in [4.78, 5) is 23.6. The Balaban J connectivity index is 1.52. The van der Waals surface area contributed by atoms with Crippen LogP contribution >= 0.6 is 0 Å². The molecule has 0 aromatic heterocycles. The molecule has 1 N–H and O–H groups in total. The highest BCUT2D eigenvalue weighted by molar-refractivity contribution is 5.81. The molecule has 1 atom stereocenters. The van der Waals surface area contributed by atoms with Crippen LogP contribution < -0.4 is 5.32 Å². The average molecular weight is 287 g/mol. The van der Waals surface area contributed by atoms with Gasteiger partial charge in [-0.2, -0.15) is 0 Å². The van der Waals surface area contributed by atoms with Crippen molar-refractivity contribution in [3.8, 4) is 0 Å². The Bertz CT molecular complexity index is 537.